The monoisotopic (exact) mass is 325 g/mol. The zero-order valence-electron chi connectivity index (χ0n) is 10.2. The van der Waals surface area contributed by atoms with Crippen LogP contribution in [0.15, 0.2) is 22.5 Å². The molecule has 0 saturated carbocycles. The molecule has 0 fully saturated rings. The predicted molar refractivity (Wildman–Crippen MR) is 73.4 cm³/mol. The van der Waals surface area contributed by atoms with Gasteiger partial charge in [-0.3, -0.25) is 19.6 Å². The van der Waals surface area contributed by atoms with E-state index >= 15 is 0 Å². The molecule has 1 aromatic heterocycles. The molecule has 9 nitrogen and oxygen atoms in total. The van der Waals surface area contributed by atoms with E-state index in [9.17, 15) is 18.0 Å². The fourth-order valence-electron chi connectivity index (χ4n) is 1.76. The van der Waals surface area contributed by atoms with E-state index in [1.165, 1.54) is 18.2 Å². The van der Waals surface area contributed by atoms with Gasteiger partial charge in [0.05, 0.1) is 11.1 Å². The molecule has 11 heteroatoms. The number of hydrogen-bond donors (Lipinski definition) is 3. The van der Waals surface area contributed by atoms with Crippen molar-refractivity contribution in [3.05, 3.63) is 29.3 Å². The van der Waals surface area contributed by atoms with Crippen molar-refractivity contribution in [1.29, 1.82) is 0 Å². The lowest BCUT2D eigenvalue weighted by Gasteiger charge is -2.05. The van der Waals surface area contributed by atoms with E-state index in [0.717, 1.165) is 0 Å². The first kappa shape index (κ1) is 13.5. The number of hydrogen-bond acceptors (Lipinski definition) is 8. The maximum Gasteiger partial charge on any atom is 0.291 e. The van der Waals surface area contributed by atoms with Crippen molar-refractivity contribution < 1.29 is 18.0 Å². The van der Waals surface area contributed by atoms with Crippen molar-refractivity contribution in [2.24, 2.45) is 0 Å². The minimum atomic E-state index is -3.94. The van der Waals surface area contributed by atoms with Gasteiger partial charge in [-0.2, -0.15) is 8.42 Å². The van der Waals surface area contributed by atoms with Gasteiger partial charge in [-0.05, 0) is 18.2 Å². The fourth-order valence-corrected chi connectivity index (χ4v) is 3.59. The Morgan fingerprint density at radius 2 is 1.86 bits per heavy atom. The number of nitrogens with zero attached hydrogens (tertiary/aromatic N) is 2. The van der Waals surface area contributed by atoms with Crippen LogP contribution in [0.3, 0.4) is 0 Å². The van der Waals surface area contributed by atoms with Crippen molar-refractivity contribution >= 4 is 44.0 Å². The summed E-state index contributed by atoms with van der Waals surface area (Å²) in [6, 6.07) is 4.01. The molecule has 2 heterocycles. The summed E-state index contributed by atoms with van der Waals surface area (Å²) in [6.07, 6.45) is 0. The number of fused-ring (bicyclic) bond motifs is 1. The minimum absolute atomic E-state index is 0.0225. The number of nitrogens with one attached hydrogen (secondary N) is 2. The minimum Gasteiger partial charge on any atom is -0.374 e. The van der Waals surface area contributed by atoms with Gasteiger partial charge in [-0.15, -0.1) is 10.2 Å². The second kappa shape index (κ2) is 4.49. The third-order valence-corrected chi connectivity index (χ3v) is 5.14. The second-order valence-electron chi connectivity index (χ2n) is 4.06. The zero-order chi connectivity index (χ0) is 15.2. The number of nitrogens with two attached hydrogens (primary N) is 1. The third-order valence-electron chi connectivity index (χ3n) is 2.64. The molecule has 0 aliphatic carbocycles. The van der Waals surface area contributed by atoms with Crippen molar-refractivity contribution in [3.8, 4) is 0 Å². The molecule has 0 unspecified atom stereocenters. The van der Waals surface area contributed by atoms with Gasteiger partial charge >= 0.3 is 0 Å². The normalized spacial score (nSPS) is 13.9. The second-order valence-corrected chi connectivity index (χ2v) is 6.92. The van der Waals surface area contributed by atoms with Gasteiger partial charge in [0.15, 0.2) is 0 Å². The van der Waals surface area contributed by atoms with E-state index < -0.39 is 21.8 Å². The zero-order valence-corrected chi connectivity index (χ0v) is 11.8. The van der Waals surface area contributed by atoms with E-state index in [-0.39, 0.29) is 26.3 Å². The highest BCUT2D eigenvalue weighted by molar-refractivity contribution is 7.94. The van der Waals surface area contributed by atoms with Gasteiger partial charge in [0.2, 0.25) is 5.13 Å². The molecule has 4 N–H and O–H groups in total. The average molecular weight is 325 g/mol. The first-order chi connectivity index (χ1) is 9.87. The van der Waals surface area contributed by atoms with Gasteiger partial charge < -0.3 is 5.73 Å². The lowest BCUT2D eigenvalue weighted by Crippen LogP contribution is -2.19. The van der Waals surface area contributed by atoms with E-state index in [2.05, 4.69) is 20.2 Å². The number of benzene rings is 1. The molecule has 21 heavy (non-hydrogen) atoms. The molecule has 0 bridgehead atoms. The van der Waals surface area contributed by atoms with Crippen LogP contribution in [-0.2, 0) is 10.0 Å². The molecule has 0 atom stereocenters. The summed E-state index contributed by atoms with van der Waals surface area (Å²) in [5.41, 5.74) is 5.78. The first-order valence-corrected chi connectivity index (χ1v) is 7.78. The molecule has 1 aliphatic heterocycles. The summed E-state index contributed by atoms with van der Waals surface area (Å²) >= 11 is 0.712. The van der Waals surface area contributed by atoms with Crippen LogP contribution in [0.2, 0.25) is 0 Å². The van der Waals surface area contributed by atoms with Crippen LogP contribution >= 0.6 is 11.3 Å². The largest absolute Gasteiger partial charge is 0.374 e. The third kappa shape index (κ3) is 2.32. The lowest BCUT2D eigenvalue weighted by atomic mass is 10.1. The number of carbonyl (C=O) groups is 2. The van der Waals surface area contributed by atoms with Crippen LogP contribution in [-0.4, -0.2) is 30.4 Å². The number of sulfonamides is 1. The van der Waals surface area contributed by atoms with Crippen LogP contribution in [0, 0.1) is 0 Å². The summed E-state index contributed by atoms with van der Waals surface area (Å²) in [5.74, 6) is -1.09. The van der Waals surface area contributed by atoms with Crippen LogP contribution in [0.1, 0.15) is 20.7 Å². The topological polar surface area (TPSA) is 144 Å². The van der Waals surface area contributed by atoms with Crippen molar-refractivity contribution in [1.82, 2.24) is 15.5 Å². The SMILES string of the molecule is Nc1nnc(S(=O)(=O)Nc2ccc3c(c2)C(=O)NC3=O)s1. The molecule has 1 aliphatic rings. The number of anilines is 2. The molecule has 2 amide bonds. The number of carbonyl (C=O) groups excluding carboxylic acids is 2. The quantitative estimate of drug-likeness (QED) is 0.663. The summed E-state index contributed by atoms with van der Waals surface area (Å²) in [5, 5.41) is 9.00. The molecular formula is C10H7N5O4S2. The van der Waals surface area contributed by atoms with Gasteiger partial charge in [-0.1, -0.05) is 11.3 Å². The van der Waals surface area contributed by atoms with Crippen LogP contribution in [0.4, 0.5) is 10.8 Å². The molecule has 3 rings (SSSR count). The Hall–Kier alpha value is -2.53. The summed E-state index contributed by atoms with van der Waals surface area (Å²) < 4.78 is 26.0. The molecule has 2 aromatic rings. The standard InChI is InChI=1S/C10H7N5O4S2/c11-9-13-14-10(20-9)21(18,19)15-4-1-2-5-6(3-4)8(17)12-7(5)16/h1-3,15H,(H2,11,13)(H,12,16,17). The highest BCUT2D eigenvalue weighted by Crippen LogP contribution is 2.24. The molecule has 1 aromatic carbocycles. The number of aromatic nitrogens is 2. The average Bonchev–Trinajstić information content (AvgIpc) is 2.95. The maximum absolute atomic E-state index is 12.0. The Kier molecular flexibility index (Phi) is 2.88. The van der Waals surface area contributed by atoms with Gasteiger partial charge in [0.1, 0.15) is 0 Å². The first-order valence-electron chi connectivity index (χ1n) is 5.48. The van der Waals surface area contributed by atoms with E-state index in [4.69, 9.17) is 5.73 Å². The van der Waals surface area contributed by atoms with Crippen molar-refractivity contribution in [3.63, 3.8) is 0 Å². The number of imide groups is 1. The molecular weight excluding hydrogens is 318 g/mol. The van der Waals surface area contributed by atoms with Gasteiger partial charge in [0.25, 0.3) is 26.2 Å². The van der Waals surface area contributed by atoms with E-state index in [0.29, 0.717) is 11.3 Å². The molecule has 0 radical (unpaired) electrons. The highest BCUT2D eigenvalue weighted by atomic mass is 32.2. The Bertz CT molecular complexity index is 873. The molecule has 0 spiro atoms. The van der Waals surface area contributed by atoms with Crippen LogP contribution in [0.25, 0.3) is 0 Å². The molecule has 0 saturated heterocycles. The smallest absolute Gasteiger partial charge is 0.291 e. The molecule has 108 valence electrons. The van der Waals surface area contributed by atoms with E-state index in [1.54, 1.807) is 0 Å². The number of nitrogen functional groups attached to an aromatic ring is 1. The summed E-state index contributed by atoms with van der Waals surface area (Å²) in [4.78, 5) is 22.9. The van der Waals surface area contributed by atoms with Gasteiger partial charge in [-0.25, -0.2) is 0 Å². The Labute approximate surface area is 122 Å². The highest BCUT2D eigenvalue weighted by Gasteiger charge is 2.27. The summed E-state index contributed by atoms with van der Waals surface area (Å²) in [7, 11) is -3.94. The van der Waals surface area contributed by atoms with Crippen LogP contribution in [0.5, 0.6) is 0 Å². The maximum atomic E-state index is 12.0. The van der Waals surface area contributed by atoms with Crippen molar-refractivity contribution in [2.75, 3.05) is 10.5 Å². The Balaban J connectivity index is 1.95. The lowest BCUT2D eigenvalue weighted by molar-refractivity contribution is 0.0879. The number of amides is 2. The van der Waals surface area contributed by atoms with Crippen molar-refractivity contribution in [2.45, 2.75) is 4.34 Å². The van der Waals surface area contributed by atoms with Crippen LogP contribution < -0.4 is 15.8 Å². The Morgan fingerprint density at radius 3 is 2.52 bits per heavy atom. The number of rotatable bonds is 3. The van der Waals surface area contributed by atoms with Gasteiger partial charge in [0, 0.05) is 5.69 Å². The Morgan fingerprint density at radius 1 is 1.14 bits per heavy atom. The predicted octanol–water partition coefficient (Wildman–Crippen LogP) is -0.195. The van der Waals surface area contributed by atoms with E-state index in [1.807, 2.05) is 0 Å². The fraction of sp³-hybridized carbons (Fsp3) is 0. The summed E-state index contributed by atoms with van der Waals surface area (Å²) in [6.45, 7) is 0.